The molecule has 0 aromatic carbocycles. The summed E-state index contributed by atoms with van der Waals surface area (Å²) in [7, 11) is 1.28. The molecule has 0 aliphatic carbocycles. The van der Waals surface area contributed by atoms with Gasteiger partial charge in [0.1, 0.15) is 0 Å². The van der Waals surface area contributed by atoms with E-state index in [4.69, 9.17) is 0 Å². The highest BCUT2D eigenvalue weighted by Gasteiger charge is 2.41. The second kappa shape index (κ2) is 4.25. The standard InChI is InChI=1S/C10H8BrN3O3/c1-13-8(15)9(16)14(10(13)17)5-6-2-7(11)4-12-3-6/h2-4H,5H2,1H3. The summed E-state index contributed by atoms with van der Waals surface area (Å²) in [5.74, 6) is -1.62. The van der Waals surface area contributed by atoms with Crippen LogP contribution in [-0.4, -0.2) is 39.7 Å². The van der Waals surface area contributed by atoms with Crippen LogP contribution < -0.4 is 0 Å². The molecule has 17 heavy (non-hydrogen) atoms. The Bertz CT molecular complexity index is 517. The second-order valence-electron chi connectivity index (χ2n) is 3.55. The lowest BCUT2D eigenvalue weighted by atomic mass is 10.3. The molecule has 0 spiro atoms. The Morgan fingerprint density at radius 1 is 1.24 bits per heavy atom. The molecule has 0 unspecified atom stereocenters. The summed E-state index contributed by atoms with van der Waals surface area (Å²) in [6.45, 7) is 0.0419. The van der Waals surface area contributed by atoms with Crippen molar-refractivity contribution in [3.63, 3.8) is 0 Å². The Hall–Kier alpha value is -1.76. The van der Waals surface area contributed by atoms with Crippen LogP contribution in [-0.2, 0) is 16.1 Å². The lowest BCUT2D eigenvalue weighted by molar-refractivity contribution is -0.143. The van der Waals surface area contributed by atoms with Gasteiger partial charge in [0.05, 0.1) is 6.54 Å². The fraction of sp³-hybridized carbons (Fsp3) is 0.200. The van der Waals surface area contributed by atoms with E-state index in [9.17, 15) is 14.4 Å². The van der Waals surface area contributed by atoms with Crippen LogP contribution in [0.2, 0.25) is 0 Å². The number of urea groups is 1. The Morgan fingerprint density at radius 3 is 2.47 bits per heavy atom. The van der Waals surface area contributed by atoms with E-state index >= 15 is 0 Å². The first kappa shape index (κ1) is 11.7. The van der Waals surface area contributed by atoms with Crippen LogP contribution in [0.15, 0.2) is 22.9 Å². The minimum atomic E-state index is -0.808. The summed E-state index contributed by atoms with van der Waals surface area (Å²) in [5, 5.41) is 0. The highest BCUT2D eigenvalue weighted by atomic mass is 79.9. The average Bonchev–Trinajstić information content (AvgIpc) is 2.47. The van der Waals surface area contributed by atoms with Crippen LogP contribution in [0.3, 0.4) is 0 Å². The smallest absolute Gasteiger partial charge is 0.263 e. The molecule has 6 nitrogen and oxygen atoms in total. The van der Waals surface area contributed by atoms with E-state index in [0.717, 1.165) is 14.3 Å². The van der Waals surface area contributed by atoms with Crippen LogP contribution >= 0.6 is 15.9 Å². The molecule has 1 aromatic heterocycles. The number of hydrogen-bond acceptors (Lipinski definition) is 4. The maximum absolute atomic E-state index is 11.6. The lowest BCUT2D eigenvalue weighted by Crippen LogP contribution is -2.31. The summed E-state index contributed by atoms with van der Waals surface area (Å²) in [4.78, 5) is 40.0. The maximum Gasteiger partial charge on any atom is 0.334 e. The number of likely N-dealkylation sites (N-methyl/N-ethyl adjacent to an activating group) is 1. The van der Waals surface area contributed by atoms with Crippen molar-refractivity contribution < 1.29 is 14.4 Å². The van der Waals surface area contributed by atoms with Gasteiger partial charge in [0.25, 0.3) is 0 Å². The van der Waals surface area contributed by atoms with Gasteiger partial charge in [0, 0.05) is 23.9 Å². The third-order valence-electron chi connectivity index (χ3n) is 2.35. The number of aromatic nitrogens is 1. The van der Waals surface area contributed by atoms with Crippen molar-refractivity contribution in [2.75, 3.05) is 7.05 Å². The van der Waals surface area contributed by atoms with Gasteiger partial charge in [0.15, 0.2) is 0 Å². The first-order valence-corrected chi connectivity index (χ1v) is 5.53. The molecule has 1 aliphatic heterocycles. The van der Waals surface area contributed by atoms with Crippen LogP contribution in [0.25, 0.3) is 0 Å². The summed E-state index contributed by atoms with van der Waals surface area (Å²) < 4.78 is 0.744. The van der Waals surface area contributed by atoms with E-state index in [2.05, 4.69) is 20.9 Å². The molecule has 1 aliphatic rings. The van der Waals surface area contributed by atoms with Crippen molar-refractivity contribution in [1.82, 2.24) is 14.8 Å². The first-order valence-electron chi connectivity index (χ1n) is 4.73. The molecule has 7 heteroatoms. The molecule has 0 radical (unpaired) electrons. The Balaban J connectivity index is 2.23. The number of amides is 4. The average molecular weight is 298 g/mol. The van der Waals surface area contributed by atoms with Crippen molar-refractivity contribution in [3.05, 3.63) is 28.5 Å². The fourth-order valence-electron chi connectivity index (χ4n) is 1.48. The highest BCUT2D eigenvalue weighted by Crippen LogP contribution is 2.16. The maximum atomic E-state index is 11.6. The van der Waals surface area contributed by atoms with E-state index in [1.165, 1.54) is 13.2 Å². The number of carbonyl (C=O) groups is 3. The minimum absolute atomic E-state index is 0.0419. The van der Waals surface area contributed by atoms with E-state index in [-0.39, 0.29) is 6.54 Å². The molecule has 2 heterocycles. The molecule has 2 rings (SSSR count). The zero-order valence-corrected chi connectivity index (χ0v) is 10.5. The second-order valence-corrected chi connectivity index (χ2v) is 4.47. The third-order valence-corrected chi connectivity index (χ3v) is 2.79. The van der Waals surface area contributed by atoms with Crippen molar-refractivity contribution >= 4 is 33.8 Å². The van der Waals surface area contributed by atoms with Crippen molar-refractivity contribution in [2.45, 2.75) is 6.54 Å². The van der Waals surface area contributed by atoms with E-state index < -0.39 is 17.8 Å². The Kier molecular flexibility index (Phi) is 2.93. The zero-order valence-electron chi connectivity index (χ0n) is 8.88. The van der Waals surface area contributed by atoms with Crippen molar-refractivity contribution in [2.24, 2.45) is 0 Å². The van der Waals surface area contributed by atoms with Gasteiger partial charge in [-0.2, -0.15) is 0 Å². The summed E-state index contributed by atoms with van der Waals surface area (Å²) >= 11 is 3.24. The monoisotopic (exact) mass is 297 g/mol. The predicted molar refractivity (Wildman–Crippen MR) is 60.7 cm³/mol. The van der Waals surface area contributed by atoms with Gasteiger partial charge in [-0.3, -0.25) is 24.4 Å². The number of carbonyl (C=O) groups excluding carboxylic acids is 3. The van der Waals surface area contributed by atoms with E-state index in [1.54, 1.807) is 12.3 Å². The quantitative estimate of drug-likeness (QED) is 0.597. The molecular formula is C10H8BrN3O3. The number of hydrogen-bond donors (Lipinski definition) is 0. The van der Waals surface area contributed by atoms with Crippen LogP contribution in [0.1, 0.15) is 5.56 Å². The third kappa shape index (κ3) is 2.05. The molecule has 88 valence electrons. The molecular weight excluding hydrogens is 290 g/mol. The number of rotatable bonds is 2. The van der Waals surface area contributed by atoms with Gasteiger partial charge in [-0.15, -0.1) is 0 Å². The number of nitrogens with zero attached hydrogens (tertiary/aromatic N) is 3. The van der Waals surface area contributed by atoms with Crippen molar-refractivity contribution in [1.29, 1.82) is 0 Å². The number of imide groups is 2. The normalized spacial score (nSPS) is 16.0. The predicted octanol–water partition coefficient (Wildman–Crippen LogP) is 0.765. The van der Waals surface area contributed by atoms with Gasteiger partial charge < -0.3 is 0 Å². The number of pyridine rings is 1. The highest BCUT2D eigenvalue weighted by molar-refractivity contribution is 9.10. The molecule has 1 saturated heterocycles. The van der Waals surface area contributed by atoms with Crippen molar-refractivity contribution in [3.8, 4) is 0 Å². The summed E-state index contributed by atoms with van der Waals surface area (Å²) in [6.07, 6.45) is 3.13. The van der Waals surface area contributed by atoms with E-state index in [1.807, 2.05) is 0 Å². The van der Waals surface area contributed by atoms with Gasteiger partial charge >= 0.3 is 17.8 Å². The first-order chi connectivity index (χ1) is 8.00. The van der Waals surface area contributed by atoms with Gasteiger partial charge in [-0.25, -0.2) is 4.79 Å². The summed E-state index contributed by atoms with van der Waals surface area (Å²) in [6, 6.07) is 1.12. The van der Waals surface area contributed by atoms with Gasteiger partial charge in [-0.05, 0) is 27.6 Å². The molecule has 1 fully saturated rings. The molecule has 0 saturated carbocycles. The van der Waals surface area contributed by atoms with Crippen LogP contribution in [0.4, 0.5) is 4.79 Å². The zero-order chi connectivity index (χ0) is 12.6. The number of halogens is 1. The molecule has 0 N–H and O–H groups in total. The lowest BCUT2D eigenvalue weighted by Gasteiger charge is -2.12. The minimum Gasteiger partial charge on any atom is -0.263 e. The fourth-order valence-corrected chi connectivity index (χ4v) is 1.89. The molecule has 0 bridgehead atoms. The molecule has 1 aromatic rings. The van der Waals surface area contributed by atoms with E-state index in [0.29, 0.717) is 5.56 Å². The Morgan fingerprint density at radius 2 is 1.94 bits per heavy atom. The molecule has 4 amide bonds. The van der Waals surface area contributed by atoms with Crippen LogP contribution in [0, 0.1) is 0 Å². The van der Waals surface area contributed by atoms with Crippen LogP contribution in [0.5, 0.6) is 0 Å². The largest absolute Gasteiger partial charge is 0.334 e. The SMILES string of the molecule is CN1C(=O)C(=O)N(Cc2cncc(Br)c2)C1=O. The topological polar surface area (TPSA) is 70.6 Å². The van der Waals surface area contributed by atoms with Gasteiger partial charge in [-0.1, -0.05) is 0 Å². The molecule has 0 atom stereocenters. The van der Waals surface area contributed by atoms with Gasteiger partial charge in [0.2, 0.25) is 0 Å². The summed E-state index contributed by atoms with van der Waals surface area (Å²) in [5.41, 5.74) is 0.671. The Labute approximate surface area is 105 Å².